The molecule has 1 aliphatic rings. The highest BCUT2D eigenvalue weighted by Crippen LogP contribution is 2.22. The quantitative estimate of drug-likeness (QED) is 0.839. The molecule has 0 aromatic heterocycles. The monoisotopic (exact) mass is 219 g/mol. The van der Waals surface area contributed by atoms with Gasteiger partial charge in [0.05, 0.1) is 6.61 Å². The van der Waals surface area contributed by atoms with Crippen molar-refractivity contribution in [3.63, 3.8) is 0 Å². The highest BCUT2D eigenvalue weighted by Gasteiger charge is 2.23. The maximum atomic E-state index is 9.50. The molecule has 1 saturated heterocycles. The predicted molar refractivity (Wildman–Crippen MR) is 66.5 cm³/mol. The molecule has 0 unspecified atom stereocenters. The second-order valence-corrected chi connectivity index (χ2v) is 4.78. The molecule has 1 heterocycles. The van der Waals surface area contributed by atoms with E-state index in [-0.39, 0.29) is 12.5 Å². The van der Waals surface area contributed by atoms with E-state index in [1.807, 2.05) is 18.2 Å². The lowest BCUT2D eigenvalue weighted by molar-refractivity contribution is 0.196. The maximum Gasteiger partial charge on any atom is 0.0512 e. The summed E-state index contributed by atoms with van der Waals surface area (Å²) in [5, 5.41) is 9.50. The molecule has 0 amide bonds. The Hall–Kier alpha value is -0.860. The molecule has 0 saturated carbocycles. The van der Waals surface area contributed by atoms with Crippen molar-refractivity contribution in [3.8, 4) is 0 Å². The van der Waals surface area contributed by atoms with Crippen LogP contribution in [0.4, 0.5) is 0 Å². The lowest BCUT2D eigenvalue weighted by Crippen LogP contribution is -2.32. The SMILES string of the molecule is C[C@H]1CCCN1C[C@@H](CO)c1ccccc1. The first-order valence-electron chi connectivity index (χ1n) is 6.21. The molecule has 2 atom stereocenters. The van der Waals surface area contributed by atoms with Gasteiger partial charge in [0, 0.05) is 18.5 Å². The highest BCUT2D eigenvalue weighted by molar-refractivity contribution is 5.20. The van der Waals surface area contributed by atoms with Crippen LogP contribution in [0.1, 0.15) is 31.2 Å². The van der Waals surface area contributed by atoms with Crippen LogP contribution in [0.2, 0.25) is 0 Å². The van der Waals surface area contributed by atoms with Gasteiger partial charge in [-0.2, -0.15) is 0 Å². The minimum Gasteiger partial charge on any atom is -0.396 e. The van der Waals surface area contributed by atoms with Crippen molar-refractivity contribution in [1.29, 1.82) is 0 Å². The van der Waals surface area contributed by atoms with Gasteiger partial charge in [-0.25, -0.2) is 0 Å². The normalized spacial score (nSPS) is 23.5. The molecule has 88 valence electrons. The van der Waals surface area contributed by atoms with Gasteiger partial charge in [0.15, 0.2) is 0 Å². The summed E-state index contributed by atoms with van der Waals surface area (Å²) in [4.78, 5) is 2.49. The topological polar surface area (TPSA) is 23.5 Å². The van der Waals surface area contributed by atoms with Gasteiger partial charge in [0.1, 0.15) is 0 Å². The van der Waals surface area contributed by atoms with Gasteiger partial charge < -0.3 is 5.11 Å². The van der Waals surface area contributed by atoms with Gasteiger partial charge in [0.25, 0.3) is 0 Å². The Balaban J connectivity index is 2.00. The molecule has 0 spiro atoms. The van der Waals surface area contributed by atoms with Gasteiger partial charge in [0.2, 0.25) is 0 Å². The van der Waals surface area contributed by atoms with E-state index in [2.05, 4.69) is 24.0 Å². The van der Waals surface area contributed by atoms with Crippen molar-refractivity contribution in [3.05, 3.63) is 35.9 Å². The van der Waals surface area contributed by atoms with Gasteiger partial charge in [-0.15, -0.1) is 0 Å². The molecular weight excluding hydrogens is 198 g/mol. The number of benzene rings is 1. The Bertz CT molecular complexity index is 312. The first kappa shape index (κ1) is 11.6. The number of hydrogen-bond donors (Lipinski definition) is 1. The van der Waals surface area contributed by atoms with Gasteiger partial charge in [-0.05, 0) is 31.9 Å². The molecule has 1 aliphatic heterocycles. The van der Waals surface area contributed by atoms with Crippen LogP contribution in [-0.4, -0.2) is 35.7 Å². The number of aliphatic hydroxyl groups excluding tert-OH is 1. The summed E-state index contributed by atoms with van der Waals surface area (Å²) >= 11 is 0. The zero-order valence-corrected chi connectivity index (χ0v) is 9.97. The Morgan fingerprint density at radius 1 is 1.38 bits per heavy atom. The fourth-order valence-corrected chi connectivity index (χ4v) is 2.54. The molecule has 2 rings (SSSR count). The minimum absolute atomic E-state index is 0.243. The standard InChI is InChI=1S/C14H21NO/c1-12-6-5-9-15(12)10-14(11-16)13-7-3-2-4-8-13/h2-4,7-8,12,14,16H,5-6,9-11H2,1H3/t12-,14-/m0/s1. The number of hydrogen-bond acceptors (Lipinski definition) is 2. The van der Waals surface area contributed by atoms with Crippen molar-refractivity contribution in [2.45, 2.75) is 31.7 Å². The maximum absolute atomic E-state index is 9.50. The molecule has 16 heavy (non-hydrogen) atoms. The predicted octanol–water partition coefficient (Wildman–Crippen LogP) is 2.25. The molecule has 0 aliphatic carbocycles. The summed E-state index contributed by atoms with van der Waals surface area (Å²) in [5.74, 6) is 0.266. The number of nitrogens with zero attached hydrogens (tertiary/aromatic N) is 1. The van der Waals surface area contributed by atoms with Crippen molar-refractivity contribution >= 4 is 0 Å². The van der Waals surface area contributed by atoms with E-state index in [0.29, 0.717) is 6.04 Å². The summed E-state index contributed by atoms with van der Waals surface area (Å²) in [6, 6.07) is 11.0. The lowest BCUT2D eigenvalue weighted by Gasteiger charge is -2.26. The minimum atomic E-state index is 0.243. The lowest BCUT2D eigenvalue weighted by atomic mass is 9.99. The van der Waals surface area contributed by atoms with E-state index in [1.165, 1.54) is 24.9 Å². The molecule has 1 N–H and O–H groups in total. The molecule has 0 bridgehead atoms. The fraction of sp³-hybridized carbons (Fsp3) is 0.571. The summed E-state index contributed by atoms with van der Waals surface area (Å²) in [6.07, 6.45) is 2.60. The van der Waals surface area contributed by atoms with Crippen molar-refractivity contribution in [2.24, 2.45) is 0 Å². The zero-order valence-electron chi connectivity index (χ0n) is 9.97. The summed E-state index contributed by atoms with van der Waals surface area (Å²) in [5.41, 5.74) is 1.25. The molecule has 2 nitrogen and oxygen atoms in total. The summed E-state index contributed by atoms with van der Waals surface area (Å²) < 4.78 is 0. The van der Waals surface area contributed by atoms with Crippen LogP contribution in [0, 0.1) is 0 Å². The molecular formula is C14H21NO. The molecule has 1 aromatic carbocycles. The molecule has 1 aromatic rings. The molecule has 2 heteroatoms. The van der Waals surface area contributed by atoms with Gasteiger partial charge in [-0.1, -0.05) is 30.3 Å². The zero-order chi connectivity index (χ0) is 11.4. The van der Waals surface area contributed by atoms with E-state index in [4.69, 9.17) is 0 Å². The van der Waals surface area contributed by atoms with Crippen LogP contribution in [0.3, 0.4) is 0 Å². The highest BCUT2D eigenvalue weighted by atomic mass is 16.3. The van der Waals surface area contributed by atoms with Crippen molar-refractivity contribution in [2.75, 3.05) is 19.7 Å². The van der Waals surface area contributed by atoms with Gasteiger partial charge in [-0.3, -0.25) is 4.90 Å². The van der Waals surface area contributed by atoms with Crippen LogP contribution < -0.4 is 0 Å². The average molecular weight is 219 g/mol. The van der Waals surface area contributed by atoms with E-state index in [1.54, 1.807) is 0 Å². The number of aliphatic hydroxyl groups is 1. The van der Waals surface area contributed by atoms with Crippen LogP contribution in [0.5, 0.6) is 0 Å². The van der Waals surface area contributed by atoms with Crippen LogP contribution in [0.15, 0.2) is 30.3 Å². The Morgan fingerprint density at radius 3 is 2.69 bits per heavy atom. The smallest absolute Gasteiger partial charge is 0.0512 e. The van der Waals surface area contributed by atoms with Crippen LogP contribution >= 0.6 is 0 Å². The third-order valence-electron chi connectivity index (χ3n) is 3.64. The van der Waals surface area contributed by atoms with E-state index in [0.717, 1.165) is 6.54 Å². The van der Waals surface area contributed by atoms with E-state index >= 15 is 0 Å². The summed E-state index contributed by atoms with van der Waals surface area (Å²) in [7, 11) is 0. The molecule has 0 radical (unpaired) electrons. The average Bonchev–Trinajstić information content (AvgIpc) is 2.73. The number of likely N-dealkylation sites (tertiary alicyclic amines) is 1. The first-order valence-corrected chi connectivity index (χ1v) is 6.21. The third kappa shape index (κ3) is 2.63. The van der Waals surface area contributed by atoms with Crippen molar-refractivity contribution < 1.29 is 5.11 Å². The van der Waals surface area contributed by atoms with E-state index < -0.39 is 0 Å². The Labute approximate surface area is 97.9 Å². The number of rotatable bonds is 4. The van der Waals surface area contributed by atoms with Gasteiger partial charge >= 0.3 is 0 Å². The fourth-order valence-electron chi connectivity index (χ4n) is 2.54. The second kappa shape index (κ2) is 5.46. The summed E-state index contributed by atoms with van der Waals surface area (Å²) in [6.45, 7) is 4.70. The Morgan fingerprint density at radius 2 is 2.12 bits per heavy atom. The largest absolute Gasteiger partial charge is 0.396 e. The van der Waals surface area contributed by atoms with Crippen molar-refractivity contribution in [1.82, 2.24) is 4.90 Å². The van der Waals surface area contributed by atoms with Crippen LogP contribution in [0.25, 0.3) is 0 Å². The van der Waals surface area contributed by atoms with E-state index in [9.17, 15) is 5.11 Å². The molecule has 1 fully saturated rings. The first-order chi connectivity index (χ1) is 7.81. The van der Waals surface area contributed by atoms with Crippen LogP contribution in [-0.2, 0) is 0 Å². The second-order valence-electron chi connectivity index (χ2n) is 4.78. The third-order valence-corrected chi connectivity index (χ3v) is 3.64. The Kier molecular flexibility index (Phi) is 3.97.